The molecule has 1 saturated heterocycles. The molecule has 1 N–H and O–H groups in total. The second-order valence-electron chi connectivity index (χ2n) is 9.38. The van der Waals surface area contributed by atoms with Crippen molar-refractivity contribution >= 4 is 6.09 Å². The zero-order valence-corrected chi connectivity index (χ0v) is 17.0. The van der Waals surface area contributed by atoms with E-state index >= 15 is 0 Å². The number of ether oxygens (including phenoxy) is 1. The molecule has 1 heterocycles. The lowest BCUT2D eigenvalue weighted by molar-refractivity contribution is 0.0213. The van der Waals surface area contributed by atoms with Crippen molar-refractivity contribution in [3.8, 4) is 0 Å². The van der Waals surface area contributed by atoms with Crippen molar-refractivity contribution < 1.29 is 9.53 Å². The minimum absolute atomic E-state index is 0.178. The first-order valence-corrected chi connectivity index (χ1v) is 10.1. The highest BCUT2D eigenvalue weighted by Crippen LogP contribution is 2.27. The summed E-state index contributed by atoms with van der Waals surface area (Å²) in [4.78, 5) is 16.8. The van der Waals surface area contributed by atoms with Gasteiger partial charge in [0.15, 0.2) is 0 Å². The molecule has 2 rings (SSSR count). The van der Waals surface area contributed by atoms with Gasteiger partial charge in [0.25, 0.3) is 0 Å². The van der Waals surface area contributed by atoms with E-state index in [9.17, 15) is 4.79 Å². The fraction of sp³-hybridized carbons (Fsp3) is 0.950. The predicted molar refractivity (Wildman–Crippen MR) is 103 cm³/mol. The Labute approximate surface area is 154 Å². The third-order valence-electron chi connectivity index (χ3n) is 4.86. The van der Waals surface area contributed by atoms with Crippen LogP contribution in [0.1, 0.15) is 53.9 Å². The average molecular weight is 354 g/mol. The molecule has 0 spiro atoms. The number of carbonyl (C=O) groups excluding carboxylic acids is 1. The minimum Gasteiger partial charge on any atom is -0.444 e. The van der Waals surface area contributed by atoms with Crippen molar-refractivity contribution in [1.82, 2.24) is 15.1 Å². The van der Waals surface area contributed by atoms with Gasteiger partial charge in [0.1, 0.15) is 5.60 Å². The van der Waals surface area contributed by atoms with Gasteiger partial charge in [-0.05, 0) is 77.4 Å². The number of nitrogens with one attached hydrogen (secondary N) is 1. The summed E-state index contributed by atoms with van der Waals surface area (Å²) in [7, 11) is 0. The summed E-state index contributed by atoms with van der Waals surface area (Å²) in [5.74, 6) is 2.17. The van der Waals surface area contributed by atoms with Crippen LogP contribution >= 0.6 is 0 Å². The molecule has 1 atom stereocenters. The summed E-state index contributed by atoms with van der Waals surface area (Å²) >= 11 is 0. The molecule has 0 radical (unpaired) electrons. The number of nitrogens with zero attached hydrogens (tertiary/aromatic N) is 2. The third-order valence-corrected chi connectivity index (χ3v) is 4.86. The van der Waals surface area contributed by atoms with Crippen LogP contribution in [-0.2, 0) is 4.74 Å². The van der Waals surface area contributed by atoms with E-state index < -0.39 is 5.60 Å². The van der Waals surface area contributed by atoms with Gasteiger partial charge in [0, 0.05) is 26.2 Å². The van der Waals surface area contributed by atoms with Gasteiger partial charge in [-0.25, -0.2) is 4.79 Å². The number of amides is 1. The molecule has 25 heavy (non-hydrogen) atoms. The van der Waals surface area contributed by atoms with E-state index in [1.54, 1.807) is 0 Å². The van der Waals surface area contributed by atoms with E-state index in [2.05, 4.69) is 24.1 Å². The first kappa shape index (κ1) is 20.5. The second-order valence-corrected chi connectivity index (χ2v) is 9.38. The molecule has 146 valence electrons. The molecule has 0 aromatic rings. The number of hydrogen-bond donors (Lipinski definition) is 1. The molecule has 1 amide bonds. The smallest absolute Gasteiger partial charge is 0.410 e. The summed E-state index contributed by atoms with van der Waals surface area (Å²) in [6.07, 6.45) is 3.93. The normalized spacial score (nSPS) is 21.8. The summed E-state index contributed by atoms with van der Waals surface area (Å²) in [5, 5.41) is 3.63. The Hall–Kier alpha value is -0.810. The van der Waals surface area contributed by atoms with Gasteiger partial charge >= 0.3 is 6.09 Å². The molecular weight excluding hydrogens is 314 g/mol. The largest absolute Gasteiger partial charge is 0.444 e. The quantitative estimate of drug-likeness (QED) is 0.691. The maximum Gasteiger partial charge on any atom is 0.410 e. The molecule has 5 nitrogen and oxygen atoms in total. The summed E-state index contributed by atoms with van der Waals surface area (Å²) in [6, 6.07) is 0. The monoisotopic (exact) mass is 353 g/mol. The Balaban J connectivity index is 1.70. The van der Waals surface area contributed by atoms with Gasteiger partial charge in [0.05, 0.1) is 0 Å². The van der Waals surface area contributed by atoms with Crippen LogP contribution in [0.3, 0.4) is 0 Å². The fourth-order valence-electron chi connectivity index (χ4n) is 3.38. The Kier molecular flexibility index (Phi) is 7.56. The molecular formula is C20H39N3O2. The molecule has 0 bridgehead atoms. The summed E-state index contributed by atoms with van der Waals surface area (Å²) in [5.41, 5.74) is -0.432. The lowest BCUT2D eigenvalue weighted by Gasteiger charge is -2.30. The van der Waals surface area contributed by atoms with Crippen molar-refractivity contribution in [3.05, 3.63) is 0 Å². The van der Waals surface area contributed by atoms with Crippen LogP contribution in [0.15, 0.2) is 0 Å². The highest BCUT2D eigenvalue weighted by atomic mass is 16.6. The number of hydrogen-bond acceptors (Lipinski definition) is 4. The Morgan fingerprint density at radius 1 is 1.20 bits per heavy atom. The average Bonchev–Trinajstić information content (AvgIpc) is 3.19. The van der Waals surface area contributed by atoms with Gasteiger partial charge < -0.3 is 19.9 Å². The van der Waals surface area contributed by atoms with Crippen molar-refractivity contribution in [2.75, 3.05) is 45.8 Å². The van der Waals surface area contributed by atoms with Crippen molar-refractivity contribution in [2.24, 2.45) is 17.8 Å². The zero-order chi connectivity index (χ0) is 18.4. The second kappa shape index (κ2) is 9.22. The van der Waals surface area contributed by atoms with E-state index in [4.69, 9.17) is 4.74 Å². The van der Waals surface area contributed by atoms with Crippen LogP contribution in [0.2, 0.25) is 0 Å². The highest BCUT2D eigenvalue weighted by Gasteiger charge is 2.27. The minimum atomic E-state index is -0.432. The molecule has 1 unspecified atom stereocenters. The van der Waals surface area contributed by atoms with Crippen LogP contribution in [0, 0.1) is 17.8 Å². The first-order valence-electron chi connectivity index (χ1n) is 10.1. The SMILES string of the molecule is CC(C)CN(CCN1CCC(CNCC2CC2)C1)C(=O)OC(C)(C)C. The van der Waals surface area contributed by atoms with Crippen LogP contribution in [0.25, 0.3) is 0 Å². The molecule has 1 saturated carbocycles. The van der Waals surface area contributed by atoms with Crippen molar-refractivity contribution in [3.63, 3.8) is 0 Å². The zero-order valence-electron chi connectivity index (χ0n) is 17.0. The third kappa shape index (κ3) is 8.41. The predicted octanol–water partition coefficient (Wildman–Crippen LogP) is 3.20. The number of likely N-dealkylation sites (tertiary alicyclic amines) is 1. The Morgan fingerprint density at radius 3 is 2.48 bits per heavy atom. The molecule has 2 fully saturated rings. The molecule has 2 aliphatic rings. The van der Waals surface area contributed by atoms with Gasteiger partial charge in [-0.2, -0.15) is 0 Å². The maximum absolute atomic E-state index is 12.4. The van der Waals surface area contributed by atoms with E-state index in [1.807, 2.05) is 25.7 Å². The van der Waals surface area contributed by atoms with E-state index in [0.717, 1.165) is 51.1 Å². The van der Waals surface area contributed by atoms with Crippen LogP contribution in [0.4, 0.5) is 4.79 Å². The standard InChI is InChI=1S/C20H39N3O2/c1-16(2)14-23(19(24)25-20(3,4)5)11-10-22-9-8-18(15-22)13-21-12-17-6-7-17/h16-18,21H,6-15H2,1-5H3. The maximum atomic E-state index is 12.4. The lowest BCUT2D eigenvalue weighted by atomic mass is 10.1. The van der Waals surface area contributed by atoms with Crippen LogP contribution in [-0.4, -0.2) is 67.3 Å². The van der Waals surface area contributed by atoms with Gasteiger partial charge in [-0.15, -0.1) is 0 Å². The van der Waals surface area contributed by atoms with Gasteiger partial charge in [0.2, 0.25) is 0 Å². The van der Waals surface area contributed by atoms with E-state index in [0.29, 0.717) is 5.92 Å². The van der Waals surface area contributed by atoms with Gasteiger partial charge in [-0.3, -0.25) is 0 Å². The van der Waals surface area contributed by atoms with Crippen molar-refractivity contribution in [1.29, 1.82) is 0 Å². The molecule has 1 aliphatic carbocycles. The lowest BCUT2D eigenvalue weighted by Crippen LogP contribution is -2.43. The number of carbonyl (C=O) groups is 1. The number of rotatable bonds is 9. The molecule has 0 aromatic heterocycles. The molecule has 5 heteroatoms. The fourth-order valence-corrected chi connectivity index (χ4v) is 3.38. The first-order chi connectivity index (χ1) is 11.7. The van der Waals surface area contributed by atoms with Crippen LogP contribution < -0.4 is 5.32 Å². The summed E-state index contributed by atoms with van der Waals surface area (Å²) in [6.45, 7) is 17.2. The topological polar surface area (TPSA) is 44.8 Å². The van der Waals surface area contributed by atoms with E-state index in [1.165, 1.54) is 25.8 Å². The summed E-state index contributed by atoms with van der Waals surface area (Å²) < 4.78 is 5.58. The van der Waals surface area contributed by atoms with E-state index in [-0.39, 0.29) is 6.09 Å². The van der Waals surface area contributed by atoms with Gasteiger partial charge in [-0.1, -0.05) is 13.8 Å². The van der Waals surface area contributed by atoms with Crippen LogP contribution in [0.5, 0.6) is 0 Å². The Morgan fingerprint density at radius 2 is 1.88 bits per heavy atom. The molecule has 1 aliphatic heterocycles. The molecule has 0 aromatic carbocycles. The highest BCUT2D eigenvalue weighted by molar-refractivity contribution is 5.68. The van der Waals surface area contributed by atoms with Crippen molar-refractivity contribution in [2.45, 2.75) is 59.5 Å². The Bertz CT molecular complexity index is 416.